The van der Waals surface area contributed by atoms with Crippen molar-refractivity contribution in [1.29, 1.82) is 0 Å². The second kappa shape index (κ2) is 9.11. The first-order valence-electron chi connectivity index (χ1n) is 10.5. The standard InChI is InChI=1S/C22H27N5O3/c1-2-30-19(28)14-23-22(29)27-13-10-18-17(15-27)21(26-11-6-7-12-26)25-20(24-18)16-8-4-3-5-9-16/h3-5,8-9H,2,6-7,10-15H2,1H3,(H,23,29). The number of hydrogen-bond donors (Lipinski definition) is 1. The van der Waals surface area contributed by atoms with Crippen LogP contribution >= 0.6 is 0 Å². The van der Waals surface area contributed by atoms with Gasteiger partial charge in [0.25, 0.3) is 0 Å². The third kappa shape index (κ3) is 4.37. The number of benzene rings is 1. The van der Waals surface area contributed by atoms with Crippen molar-refractivity contribution in [3.8, 4) is 11.4 Å². The second-order valence-electron chi connectivity index (χ2n) is 7.49. The Bertz CT molecular complexity index is 912. The van der Waals surface area contributed by atoms with Gasteiger partial charge in [0, 0.05) is 37.2 Å². The van der Waals surface area contributed by atoms with Crippen LogP contribution in [0.1, 0.15) is 31.0 Å². The van der Waals surface area contributed by atoms with Gasteiger partial charge < -0.3 is 19.9 Å². The van der Waals surface area contributed by atoms with Crippen LogP contribution in [0.4, 0.5) is 10.6 Å². The van der Waals surface area contributed by atoms with Gasteiger partial charge in [-0.1, -0.05) is 30.3 Å². The summed E-state index contributed by atoms with van der Waals surface area (Å²) in [5.41, 5.74) is 3.00. The molecule has 0 unspecified atom stereocenters. The summed E-state index contributed by atoms with van der Waals surface area (Å²) < 4.78 is 4.88. The minimum absolute atomic E-state index is 0.127. The van der Waals surface area contributed by atoms with E-state index in [-0.39, 0.29) is 12.6 Å². The summed E-state index contributed by atoms with van der Waals surface area (Å²) in [6.45, 7) is 4.83. The number of nitrogens with one attached hydrogen (secondary N) is 1. The Labute approximate surface area is 176 Å². The van der Waals surface area contributed by atoms with Gasteiger partial charge >= 0.3 is 12.0 Å². The van der Waals surface area contributed by atoms with Crippen molar-refractivity contribution >= 4 is 17.8 Å². The summed E-state index contributed by atoms with van der Waals surface area (Å²) >= 11 is 0. The highest BCUT2D eigenvalue weighted by molar-refractivity contribution is 5.81. The molecule has 0 spiro atoms. The summed E-state index contributed by atoms with van der Waals surface area (Å²) in [6.07, 6.45) is 2.94. The summed E-state index contributed by atoms with van der Waals surface area (Å²) in [6, 6.07) is 9.73. The Morgan fingerprint density at radius 1 is 1.10 bits per heavy atom. The lowest BCUT2D eigenvalue weighted by Gasteiger charge is -2.31. The van der Waals surface area contributed by atoms with Gasteiger partial charge in [0.2, 0.25) is 0 Å². The van der Waals surface area contributed by atoms with Gasteiger partial charge in [-0.15, -0.1) is 0 Å². The van der Waals surface area contributed by atoms with Crippen molar-refractivity contribution in [2.45, 2.75) is 32.7 Å². The molecule has 1 saturated heterocycles. The molecule has 3 heterocycles. The van der Waals surface area contributed by atoms with Gasteiger partial charge in [-0.05, 0) is 19.8 Å². The minimum atomic E-state index is -0.433. The van der Waals surface area contributed by atoms with Crippen LogP contribution in [0.25, 0.3) is 11.4 Å². The molecular formula is C22H27N5O3. The van der Waals surface area contributed by atoms with Crippen molar-refractivity contribution in [3.05, 3.63) is 41.6 Å². The lowest BCUT2D eigenvalue weighted by atomic mass is 10.0. The molecule has 2 aliphatic heterocycles. The molecule has 0 radical (unpaired) electrons. The quantitative estimate of drug-likeness (QED) is 0.763. The molecule has 0 saturated carbocycles. The van der Waals surface area contributed by atoms with Crippen molar-refractivity contribution in [1.82, 2.24) is 20.2 Å². The van der Waals surface area contributed by atoms with E-state index in [1.165, 1.54) is 0 Å². The number of carbonyl (C=O) groups is 2. The fraction of sp³-hybridized carbons (Fsp3) is 0.455. The van der Waals surface area contributed by atoms with E-state index in [1.54, 1.807) is 11.8 Å². The number of amides is 2. The molecule has 1 N–H and O–H groups in total. The molecule has 1 aromatic heterocycles. The highest BCUT2D eigenvalue weighted by atomic mass is 16.5. The molecule has 0 bridgehead atoms. The Morgan fingerprint density at radius 3 is 2.60 bits per heavy atom. The molecule has 0 aliphatic carbocycles. The van der Waals surface area contributed by atoms with E-state index < -0.39 is 5.97 Å². The molecule has 1 aromatic carbocycles. The van der Waals surface area contributed by atoms with E-state index in [0.717, 1.165) is 54.4 Å². The molecule has 30 heavy (non-hydrogen) atoms. The zero-order valence-corrected chi connectivity index (χ0v) is 17.3. The Balaban J connectivity index is 1.58. The summed E-state index contributed by atoms with van der Waals surface area (Å²) in [4.78, 5) is 37.9. The zero-order chi connectivity index (χ0) is 20.9. The first kappa shape index (κ1) is 20.1. The molecule has 158 valence electrons. The fourth-order valence-corrected chi connectivity index (χ4v) is 3.95. The highest BCUT2D eigenvalue weighted by Crippen LogP contribution is 2.31. The zero-order valence-electron chi connectivity index (χ0n) is 17.3. The number of urea groups is 1. The molecule has 1 fully saturated rings. The third-order valence-corrected chi connectivity index (χ3v) is 5.45. The summed E-state index contributed by atoms with van der Waals surface area (Å²) in [5.74, 6) is 1.23. The molecule has 8 nitrogen and oxygen atoms in total. The number of rotatable bonds is 5. The van der Waals surface area contributed by atoms with Gasteiger partial charge in [0.1, 0.15) is 12.4 Å². The van der Waals surface area contributed by atoms with Gasteiger partial charge in [-0.3, -0.25) is 4.79 Å². The molecule has 8 heteroatoms. The molecule has 2 aromatic rings. The lowest BCUT2D eigenvalue weighted by Crippen LogP contribution is -2.45. The number of anilines is 1. The number of ether oxygens (including phenoxy) is 1. The van der Waals surface area contributed by atoms with E-state index in [9.17, 15) is 9.59 Å². The maximum absolute atomic E-state index is 12.6. The van der Waals surface area contributed by atoms with Crippen LogP contribution in [0.15, 0.2) is 30.3 Å². The predicted octanol–water partition coefficient (Wildman–Crippen LogP) is 2.37. The van der Waals surface area contributed by atoms with Gasteiger partial charge in [-0.2, -0.15) is 0 Å². The number of esters is 1. The van der Waals surface area contributed by atoms with E-state index in [4.69, 9.17) is 14.7 Å². The van der Waals surface area contributed by atoms with Crippen LogP contribution in [0.3, 0.4) is 0 Å². The summed E-state index contributed by atoms with van der Waals surface area (Å²) in [7, 11) is 0. The fourth-order valence-electron chi connectivity index (χ4n) is 3.95. The number of carbonyl (C=O) groups excluding carboxylic acids is 2. The minimum Gasteiger partial charge on any atom is -0.465 e. The van der Waals surface area contributed by atoms with Gasteiger partial charge in [0.05, 0.1) is 18.8 Å². The van der Waals surface area contributed by atoms with E-state index >= 15 is 0 Å². The number of aromatic nitrogens is 2. The maximum atomic E-state index is 12.6. The van der Waals surface area contributed by atoms with E-state index in [2.05, 4.69) is 10.2 Å². The predicted molar refractivity (Wildman–Crippen MR) is 113 cm³/mol. The first-order chi connectivity index (χ1) is 14.7. The number of nitrogens with zero attached hydrogens (tertiary/aromatic N) is 4. The monoisotopic (exact) mass is 409 g/mol. The van der Waals surface area contributed by atoms with Crippen LogP contribution in [0.2, 0.25) is 0 Å². The van der Waals surface area contributed by atoms with Crippen LogP contribution < -0.4 is 10.2 Å². The number of fused-ring (bicyclic) bond motifs is 1. The van der Waals surface area contributed by atoms with Crippen LogP contribution in [0, 0.1) is 0 Å². The van der Waals surface area contributed by atoms with Crippen LogP contribution in [-0.2, 0) is 22.5 Å². The Morgan fingerprint density at radius 2 is 1.87 bits per heavy atom. The molecule has 2 aliphatic rings. The Hall–Kier alpha value is -3.16. The molecule has 4 rings (SSSR count). The van der Waals surface area contributed by atoms with Crippen LogP contribution in [0.5, 0.6) is 0 Å². The summed E-state index contributed by atoms with van der Waals surface area (Å²) in [5, 5.41) is 2.65. The highest BCUT2D eigenvalue weighted by Gasteiger charge is 2.29. The molecule has 0 atom stereocenters. The third-order valence-electron chi connectivity index (χ3n) is 5.45. The van der Waals surface area contributed by atoms with Crippen molar-refractivity contribution < 1.29 is 14.3 Å². The van der Waals surface area contributed by atoms with Crippen molar-refractivity contribution in [2.24, 2.45) is 0 Å². The lowest BCUT2D eigenvalue weighted by molar-refractivity contribution is -0.141. The van der Waals surface area contributed by atoms with Crippen molar-refractivity contribution in [3.63, 3.8) is 0 Å². The first-order valence-corrected chi connectivity index (χ1v) is 10.5. The average molecular weight is 409 g/mol. The second-order valence-corrected chi connectivity index (χ2v) is 7.49. The van der Waals surface area contributed by atoms with Gasteiger partial charge in [0.15, 0.2) is 5.82 Å². The van der Waals surface area contributed by atoms with E-state index in [0.29, 0.717) is 26.1 Å². The van der Waals surface area contributed by atoms with Crippen LogP contribution in [-0.4, -0.2) is 59.7 Å². The topological polar surface area (TPSA) is 87.7 Å². The number of hydrogen-bond acceptors (Lipinski definition) is 6. The molecular weight excluding hydrogens is 382 g/mol. The smallest absolute Gasteiger partial charge is 0.325 e. The maximum Gasteiger partial charge on any atom is 0.325 e. The van der Waals surface area contributed by atoms with Gasteiger partial charge in [-0.25, -0.2) is 14.8 Å². The molecule has 2 amide bonds. The average Bonchev–Trinajstić information content (AvgIpc) is 3.32. The van der Waals surface area contributed by atoms with Crippen molar-refractivity contribution in [2.75, 3.05) is 37.7 Å². The Kier molecular flexibility index (Phi) is 6.11. The van der Waals surface area contributed by atoms with E-state index in [1.807, 2.05) is 30.3 Å². The normalized spacial score (nSPS) is 15.6. The largest absolute Gasteiger partial charge is 0.465 e. The SMILES string of the molecule is CCOC(=O)CNC(=O)N1CCc2nc(-c3ccccc3)nc(N3CCCC3)c2C1.